The molecule has 148 valence electrons. The fraction of sp³-hybridized carbons (Fsp3) is 0.364. The minimum atomic E-state index is 0.143. The van der Waals surface area contributed by atoms with Crippen molar-refractivity contribution in [1.29, 1.82) is 0 Å². The molecule has 0 radical (unpaired) electrons. The molecular weight excluding hydrogens is 352 g/mol. The first-order chi connectivity index (χ1) is 13.7. The number of ether oxygens (including phenoxy) is 1. The second-order valence-corrected chi connectivity index (χ2v) is 6.75. The fourth-order valence-electron chi connectivity index (χ4n) is 3.37. The number of aromatic nitrogens is 1. The number of piperazine rings is 1. The van der Waals surface area contributed by atoms with E-state index in [4.69, 9.17) is 4.74 Å². The van der Waals surface area contributed by atoms with Crippen LogP contribution in [0.5, 0.6) is 5.75 Å². The summed E-state index contributed by atoms with van der Waals surface area (Å²) in [5.74, 6) is 2.02. The van der Waals surface area contributed by atoms with Crippen molar-refractivity contribution in [3.05, 3.63) is 59.8 Å². The van der Waals surface area contributed by atoms with E-state index >= 15 is 0 Å². The minimum absolute atomic E-state index is 0.143. The van der Waals surface area contributed by atoms with Crippen LogP contribution in [-0.2, 0) is 11.3 Å². The van der Waals surface area contributed by atoms with Gasteiger partial charge in [0.15, 0.2) is 0 Å². The molecule has 2 heterocycles. The zero-order valence-corrected chi connectivity index (χ0v) is 16.6. The largest absolute Gasteiger partial charge is 0.496 e. The fourth-order valence-corrected chi connectivity index (χ4v) is 3.37. The molecule has 3 rings (SSSR count). The van der Waals surface area contributed by atoms with Crippen LogP contribution < -0.4 is 15.0 Å². The van der Waals surface area contributed by atoms with Gasteiger partial charge in [0.2, 0.25) is 5.91 Å². The first kappa shape index (κ1) is 19.9. The number of carbonyl (C=O) groups is 1. The lowest BCUT2D eigenvalue weighted by Gasteiger charge is -2.35. The maximum absolute atomic E-state index is 11.5. The standard InChI is InChI=1S/C22H28N4O2/c1-18(27)25-13-15-26(16-14-25)22-20(9-6-12-24-22)17-23-11-5-8-19-7-3-4-10-21(19)28-2/h3-10,12,23H,11,13-17H2,1-2H3/b8-5+. The van der Waals surface area contributed by atoms with Gasteiger partial charge < -0.3 is 19.9 Å². The van der Waals surface area contributed by atoms with E-state index in [9.17, 15) is 4.79 Å². The molecular formula is C22H28N4O2. The van der Waals surface area contributed by atoms with Crippen molar-refractivity contribution in [2.24, 2.45) is 0 Å². The molecule has 1 fully saturated rings. The topological polar surface area (TPSA) is 57.7 Å². The summed E-state index contributed by atoms with van der Waals surface area (Å²) in [7, 11) is 1.69. The molecule has 0 bridgehead atoms. The van der Waals surface area contributed by atoms with Crippen LogP contribution in [0.25, 0.3) is 6.08 Å². The third kappa shape index (κ3) is 5.10. The average molecular weight is 380 g/mol. The van der Waals surface area contributed by atoms with Gasteiger partial charge in [-0.05, 0) is 12.1 Å². The molecule has 1 aromatic heterocycles. The Morgan fingerprint density at radius 3 is 2.71 bits per heavy atom. The van der Waals surface area contributed by atoms with Gasteiger partial charge in [0.25, 0.3) is 0 Å². The molecule has 1 N–H and O–H groups in total. The Kier molecular flexibility index (Phi) is 7.03. The van der Waals surface area contributed by atoms with Gasteiger partial charge in [0.05, 0.1) is 7.11 Å². The molecule has 6 heteroatoms. The van der Waals surface area contributed by atoms with Gasteiger partial charge in [-0.1, -0.05) is 36.4 Å². The number of nitrogens with one attached hydrogen (secondary N) is 1. The van der Waals surface area contributed by atoms with Crippen LogP contribution >= 0.6 is 0 Å². The summed E-state index contributed by atoms with van der Waals surface area (Å²) < 4.78 is 5.37. The van der Waals surface area contributed by atoms with Crippen LogP contribution in [0.4, 0.5) is 5.82 Å². The SMILES string of the molecule is COc1ccccc1/C=C/CNCc1cccnc1N1CCN(C(C)=O)CC1. The summed E-state index contributed by atoms with van der Waals surface area (Å²) >= 11 is 0. The van der Waals surface area contributed by atoms with Crippen molar-refractivity contribution in [2.75, 3.05) is 44.7 Å². The van der Waals surface area contributed by atoms with E-state index in [0.29, 0.717) is 0 Å². The van der Waals surface area contributed by atoms with Crippen molar-refractivity contribution < 1.29 is 9.53 Å². The number of methoxy groups -OCH3 is 1. The van der Waals surface area contributed by atoms with Gasteiger partial charge in [-0.15, -0.1) is 0 Å². The summed E-state index contributed by atoms with van der Waals surface area (Å²) in [6.07, 6.45) is 5.99. The van der Waals surface area contributed by atoms with Crippen molar-refractivity contribution >= 4 is 17.8 Å². The lowest BCUT2D eigenvalue weighted by atomic mass is 10.2. The van der Waals surface area contributed by atoms with Crippen molar-refractivity contribution in [3.8, 4) is 5.75 Å². The molecule has 0 aliphatic carbocycles. The molecule has 1 saturated heterocycles. The van der Waals surface area contributed by atoms with Crippen LogP contribution in [-0.4, -0.2) is 55.6 Å². The van der Waals surface area contributed by atoms with Crippen LogP contribution in [0.15, 0.2) is 48.7 Å². The Balaban J connectivity index is 1.54. The second-order valence-electron chi connectivity index (χ2n) is 6.75. The van der Waals surface area contributed by atoms with Gasteiger partial charge in [-0.25, -0.2) is 4.98 Å². The van der Waals surface area contributed by atoms with Crippen LogP contribution in [0.3, 0.4) is 0 Å². The maximum Gasteiger partial charge on any atom is 0.219 e. The zero-order valence-electron chi connectivity index (χ0n) is 16.6. The van der Waals surface area contributed by atoms with Gasteiger partial charge in [0.1, 0.15) is 11.6 Å². The Morgan fingerprint density at radius 2 is 1.96 bits per heavy atom. The average Bonchev–Trinajstić information content (AvgIpc) is 2.74. The van der Waals surface area contributed by atoms with Crippen molar-refractivity contribution in [1.82, 2.24) is 15.2 Å². The van der Waals surface area contributed by atoms with E-state index < -0.39 is 0 Å². The summed E-state index contributed by atoms with van der Waals surface area (Å²) in [5.41, 5.74) is 2.24. The predicted molar refractivity (Wildman–Crippen MR) is 112 cm³/mol. The predicted octanol–water partition coefficient (Wildman–Crippen LogP) is 2.56. The maximum atomic E-state index is 11.5. The highest BCUT2D eigenvalue weighted by molar-refractivity contribution is 5.73. The third-order valence-electron chi connectivity index (χ3n) is 4.91. The number of para-hydroxylation sites is 1. The normalized spacial score (nSPS) is 14.5. The van der Waals surface area contributed by atoms with Crippen molar-refractivity contribution in [3.63, 3.8) is 0 Å². The number of benzene rings is 1. The van der Waals surface area contributed by atoms with Crippen LogP contribution in [0, 0.1) is 0 Å². The van der Waals surface area contributed by atoms with Crippen LogP contribution in [0.1, 0.15) is 18.1 Å². The summed E-state index contributed by atoms with van der Waals surface area (Å²) in [4.78, 5) is 20.3. The second kappa shape index (κ2) is 9.90. The van der Waals surface area contributed by atoms with E-state index in [1.165, 1.54) is 5.56 Å². The van der Waals surface area contributed by atoms with Gasteiger partial charge in [0, 0.05) is 63.5 Å². The molecule has 1 aliphatic rings. The Labute approximate surface area is 166 Å². The number of nitrogens with zero attached hydrogens (tertiary/aromatic N) is 3. The zero-order chi connectivity index (χ0) is 19.8. The number of hydrogen-bond acceptors (Lipinski definition) is 5. The van der Waals surface area contributed by atoms with Crippen molar-refractivity contribution in [2.45, 2.75) is 13.5 Å². The molecule has 0 saturated carbocycles. The Hall–Kier alpha value is -2.86. The molecule has 28 heavy (non-hydrogen) atoms. The molecule has 1 aliphatic heterocycles. The molecule has 1 amide bonds. The van der Waals surface area contributed by atoms with Gasteiger partial charge in [-0.3, -0.25) is 4.79 Å². The number of rotatable bonds is 7. The summed E-state index contributed by atoms with van der Waals surface area (Å²) in [5, 5.41) is 3.46. The summed E-state index contributed by atoms with van der Waals surface area (Å²) in [6, 6.07) is 12.0. The molecule has 1 aromatic carbocycles. The Morgan fingerprint density at radius 1 is 1.18 bits per heavy atom. The number of anilines is 1. The van der Waals surface area contributed by atoms with Gasteiger partial charge in [-0.2, -0.15) is 0 Å². The third-order valence-corrected chi connectivity index (χ3v) is 4.91. The van der Waals surface area contributed by atoms with Gasteiger partial charge >= 0.3 is 0 Å². The first-order valence-electron chi connectivity index (χ1n) is 9.63. The highest BCUT2D eigenvalue weighted by Gasteiger charge is 2.21. The number of carbonyl (C=O) groups excluding carboxylic acids is 1. The van der Waals surface area contributed by atoms with E-state index in [1.807, 2.05) is 41.4 Å². The minimum Gasteiger partial charge on any atom is -0.496 e. The van der Waals surface area contributed by atoms with E-state index in [-0.39, 0.29) is 5.91 Å². The molecule has 0 spiro atoms. The molecule has 0 unspecified atom stereocenters. The lowest BCUT2D eigenvalue weighted by molar-refractivity contribution is -0.129. The summed E-state index contributed by atoms with van der Waals surface area (Å²) in [6.45, 7) is 6.26. The number of hydrogen-bond donors (Lipinski definition) is 1. The quantitative estimate of drug-likeness (QED) is 0.748. The van der Waals surface area contributed by atoms with E-state index in [2.05, 4.69) is 33.4 Å². The molecule has 6 nitrogen and oxygen atoms in total. The molecule has 2 aromatic rings. The highest BCUT2D eigenvalue weighted by Crippen LogP contribution is 2.20. The van der Waals surface area contributed by atoms with E-state index in [0.717, 1.165) is 56.4 Å². The highest BCUT2D eigenvalue weighted by atomic mass is 16.5. The number of amides is 1. The smallest absolute Gasteiger partial charge is 0.219 e. The Bertz CT molecular complexity index is 814. The molecule has 0 atom stereocenters. The monoisotopic (exact) mass is 380 g/mol. The first-order valence-corrected chi connectivity index (χ1v) is 9.63. The van der Waals surface area contributed by atoms with E-state index in [1.54, 1.807) is 14.0 Å². The number of pyridine rings is 1. The lowest BCUT2D eigenvalue weighted by Crippen LogP contribution is -2.48. The van der Waals surface area contributed by atoms with Crippen LogP contribution in [0.2, 0.25) is 0 Å².